The number of carbonyl (C=O) groups excluding carboxylic acids is 1. The van der Waals surface area contributed by atoms with E-state index in [1.165, 1.54) is 0 Å². The molecule has 1 amide bonds. The lowest BCUT2D eigenvalue weighted by Crippen LogP contribution is -2.46. The molecule has 0 aromatic carbocycles. The Morgan fingerprint density at radius 2 is 2.38 bits per heavy atom. The first-order valence-corrected chi connectivity index (χ1v) is 5.21. The monoisotopic (exact) mass is 244 g/mol. The Hall–Kier alpha value is -1.07. The van der Waals surface area contributed by atoms with Gasteiger partial charge in [-0.1, -0.05) is 0 Å². The van der Waals surface area contributed by atoms with E-state index in [-0.39, 0.29) is 24.4 Å². The second kappa shape index (κ2) is 5.32. The zero-order valence-electron chi connectivity index (χ0n) is 9.30. The van der Waals surface area contributed by atoms with Crippen molar-refractivity contribution in [3.8, 4) is 0 Å². The number of aryl methyl sites for hydroxylation is 1. The Labute approximate surface area is 101 Å². The van der Waals surface area contributed by atoms with Crippen LogP contribution in [-0.2, 0) is 7.05 Å². The maximum absolute atomic E-state index is 12.0. The highest BCUT2D eigenvalue weighted by Crippen LogP contribution is 2.11. The molecule has 0 bridgehead atoms. The lowest BCUT2D eigenvalue weighted by Gasteiger charge is -2.30. The van der Waals surface area contributed by atoms with E-state index < -0.39 is 0 Å². The van der Waals surface area contributed by atoms with Crippen molar-refractivity contribution in [2.24, 2.45) is 12.8 Å². The van der Waals surface area contributed by atoms with Crippen LogP contribution in [0, 0.1) is 0 Å². The Morgan fingerprint density at radius 3 is 2.94 bits per heavy atom. The third kappa shape index (κ3) is 2.54. The van der Waals surface area contributed by atoms with Gasteiger partial charge in [-0.3, -0.25) is 9.48 Å². The SMILES string of the molecule is Cl.Cn1nccc1C(=O)N1CCCC(N)C1. The number of carbonyl (C=O) groups is 1. The molecule has 2 heterocycles. The van der Waals surface area contributed by atoms with Crippen molar-refractivity contribution in [3.63, 3.8) is 0 Å². The fraction of sp³-hybridized carbons (Fsp3) is 0.600. The molecule has 90 valence electrons. The summed E-state index contributed by atoms with van der Waals surface area (Å²) in [5, 5.41) is 3.99. The first kappa shape index (κ1) is 13.0. The summed E-state index contributed by atoms with van der Waals surface area (Å²) in [5.41, 5.74) is 6.47. The van der Waals surface area contributed by atoms with Crippen molar-refractivity contribution >= 4 is 18.3 Å². The summed E-state index contributed by atoms with van der Waals surface area (Å²) in [6, 6.07) is 1.86. The van der Waals surface area contributed by atoms with Crippen LogP contribution in [0.4, 0.5) is 0 Å². The van der Waals surface area contributed by atoms with Crippen LogP contribution in [0.25, 0.3) is 0 Å². The summed E-state index contributed by atoms with van der Waals surface area (Å²) in [4.78, 5) is 13.8. The van der Waals surface area contributed by atoms with E-state index in [0.717, 1.165) is 19.4 Å². The predicted molar refractivity (Wildman–Crippen MR) is 63.6 cm³/mol. The number of nitrogens with zero attached hydrogens (tertiary/aromatic N) is 3. The van der Waals surface area contributed by atoms with Gasteiger partial charge in [0.15, 0.2) is 0 Å². The van der Waals surface area contributed by atoms with Gasteiger partial charge in [-0.25, -0.2) is 0 Å². The number of aromatic nitrogens is 2. The summed E-state index contributed by atoms with van der Waals surface area (Å²) in [7, 11) is 1.77. The highest BCUT2D eigenvalue weighted by molar-refractivity contribution is 5.92. The fourth-order valence-electron chi connectivity index (χ4n) is 1.94. The molecule has 16 heavy (non-hydrogen) atoms. The van der Waals surface area contributed by atoms with Crippen LogP contribution < -0.4 is 5.73 Å². The quantitative estimate of drug-likeness (QED) is 0.778. The van der Waals surface area contributed by atoms with E-state index in [1.54, 1.807) is 24.0 Å². The van der Waals surface area contributed by atoms with Crippen molar-refractivity contribution in [1.82, 2.24) is 14.7 Å². The number of halogens is 1. The summed E-state index contributed by atoms with van der Waals surface area (Å²) in [5.74, 6) is 0.0325. The number of rotatable bonds is 1. The lowest BCUT2D eigenvalue weighted by atomic mass is 10.1. The van der Waals surface area contributed by atoms with Gasteiger partial charge in [-0.2, -0.15) is 5.10 Å². The van der Waals surface area contributed by atoms with Gasteiger partial charge in [-0.05, 0) is 18.9 Å². The second-order valence-electron chi connectivity index (χ2n) is 3.99. The zero-order chi connectivity index (χ0) is 10.8. The first-order valence-electron chi connectivity index (χ1n) is 5.21. The van der Waals surface area contributed by atoms with Gasteiger partial charge in [0.1, 0.15) is 5.69 Å². The Kier molecular flexibility index (Phi) is 4.32. The van der Waals surface area contributed by atoms with E-state index in [2.05, 4.69) is 5.10 Å². The maximum atomic E-state index is 12.0. The molecule has 1 aliphatic rings. The molecule has 1 fully saturated rings. The van der Waals surface area contributed by atoms with Crippen molar-refractivity contribution in [2.45, 2.75) is 18.9 Å². The molecule has 0 radical (unpaired) electrons. The number of likely N-dealkylation sites (tertiary alicyclic amines) is 1. The number of hydrogen-bond donors (Lipinski definition) is 1. The third-order valence-electron chi connectivity index (χ3n) is 2.79. The second-order valence-corrected chi connectivity index (χ2v) is 3.99. The van der Waals surface area contributed by atoms with E-state index in [0.29, 0.717) is 12.2 Å². The summed E-state index contributed by atoms with van der Waals surface area (Å²) in [6.07, 6.45) is 3.64. The standard InChI is InChI=1S/C10H16N4O.ClH/c1-13-9(4-5-12-13)10(15)14-6-2-3-8(11)7-14;/h4-5,8H,2-3,6-7,11H2,1H3;1H. The van der Waals surface area contributed by atoms with Gasteiger partial charge in [0.2, 0.25) is 0 Å². The Balaban J connectivity index is 0.00000128. The van der Waals surface area contributed by atoms with E-state index in [9.17, 15) is 4.79 Å². The van der Waals surface area contributed by atoms with Crippen LogP contribution in [0.2, 0.25) is 0 Å². The minimum Gasteiger partial charge on any atom is -0.336 e. The Bertz CT molecular complexity index is 365. The molecule has 1 aromatic rings. The zero-order valence-corrected chi connectivity index (χ0v) is 10.1. The van der Waals surface area contributed by atoms with Gasteiger partial charge in [0.05, 0.1) is 0 Å². The molecule has 1 saturated heterocycles. The first-order chi connectivity index (χ1) is 7.18. The van der Waals surface area contributed by atoms with Crippen LogP contribution in [0.3, 0.4) is 0 Å². The molecule has 1 unspecified atom stereocenters. The summed E-state index contributed by atoms with van der Waals surface area (Å²) < 4.78 is 1.60. The van der Waals surface area contributed by atoms with Crippen LogP contribution in [0.1, 0.15) is 23.3 Å². The van der Waals surface area contributed by atoms with Crippen molar-refractivity contribution < 1.29 is 4.79 Å². The van der Waals surface area contributed by atoms with Crippen LogP contribution >= 0.6 is 12.4 Å². The summed E-state index contributed by atoms with van der Waals surface area (Å²) in [6.45, 7) is 1.46. The largest absolute Gasteiger partial charge is 0.336 e. The molecule has 2 N–H and O–H groups in total. The van der Waals surface area contributed by atoms with Gasteiger partial charge in [0, 0.05) is 32.4 Å². The maximum Gasteiger partial charge on any atom is 0.272 e. The highest BCUT2D eigenvalue weighted by Gasteiger charge is 2.23. The van der Waals surface area contributed by atoms with Crippen LogP contribution in [-0.4, -0.2) is 39.7 Å². The predicted octanol–water partition coefficient (Wildman–Crippen LogP) is 0.405. The molecule has 0 saturated carbocycles. The van der Waals surface area contributed by atoms with Crippen molar-refractivity contribution in [1.29, 1.82) is 0 Å². The van der Waals surface area contributed by atoms with Crippen LogP contribution in [0.15, 0.2) is 12.3 Å². The third-order valence-corrected chi connectivity index (χ3v) is 2.79. The van der Waals surface area contributed by atoms with Crippen LogP contribution in [0.5, 0.6) is 0 Å². The fourth-order valence-corrected chi connectivity index (χ4v) is 1.94. The van der Waals surface area contributed by atoms with Crippen molar-refractivity contribution in [3.05, 3.63) is 18.0 Å². The molecule has 2 rings (SSSR count). The normalized spacial score (nSPS) is 20.4. The molecule has 1 atom stereocenters. The average molecular weight is 245 g/mol. The van der Waals surface area contributed by atoms with Gasteiger partial charge in [-0.15, -0.1) is 12.4 Å². The molecular weight excluding hydrogens is 228 g/mol. The molecule has 1 aliphatic heterocycles. The molecular formula is C10H17ClN4O. The molecule has 5 nitrogen and oxygen atoms in total. The van der Waals surface area contributed by atoms with Gasteiger partial charge in [0.25, 0.3) is 5.91 Å². The number of amides is 1. The highest BCUT2D eigenvalue weighted by atomic mass is 35.5. The summed E-state index contributed by atoms with van der Waals surface area (Å²) >= 11 is 0. The topological polar surface area (TPSA) is 64.2 Å². The molecule has 0 aliphatic carbocycles. The number of piperidine rings is 1. The van der Waals surface area contributed by atoms with Gasteiger partial charge >= 0.3 is 0 Å². The lowest BCUT2D eigenvalue weighted by molar-refractivity contribution is 0.0697. The average Bonchev–Trinajstić information content (AvgIpc) is 2.63. The molecule has 0 spiro atoms. The van der Waals surface area contributed by atoms with E-state index >= 15 is 0 Å². The minimum atomic E-state index is 0. The molecule has 6 heteroatoms. The van der Waals surface area contributed by atoms with Gasteiger partial charge < -0.3 is 10.6 Å². The Morgan fingerprint density at radius 1 is 1.62 bits per heavy atom. The molecule has 1 aromatic heterocycles. The minimum absolute atomic E-state index is 0. The van der Waals surface area contributed by atoms with E-state index in [4.69, 9.17) is 5.73 Å². The number of nitrogens with two attached hydrogens (primary N) is 1. The van der Waals surface area contributed by atoms with Crippen molar-refractivity contribution in [2.75, 3.05) is 13.1 Å². The number of hydrogen-bond acceptors (Lipinski definition) is 3. The van der Waals surface area contributed by atoms with E-state index in [1.807, 2.05) is 4.90 Å². The smallest absolute Gasteiger partial charge is 0.272 e.